The zero-order chi connectivity index (χ0) is 27.8. The largest absolute Gasteiger partial charge is 0.0654 e. The van der Waals surface area contributed by atoms with Crippen LogP contribution >= 0.6 is 0 Å². The Morgan fingerprint density at radius 1 is 0.410 bits per heavy atom. The Morgan fingerprint density at radius 2 is 0.769 bits per heavy atom. The summed E-state index contributed by atoms with van der Waals surface area (Å²) in [5.41, 5.74) is 4.75. The van der Waals surface area contributed by atoms with Crippen LogP contribution < -0.4 is 0 Å². The van der Waals surface area contributed by atoms with Crippen LogP contribution in [0.4, 0.5) is 0 Å². The molecule has 0 aliphatic heterocycles. The summed E-state index contributed by atoms with van der Waals surface area (Å²) in [7, 11) is 0. The molecule has 0 amide bonds. The molecule has 0 atom stereocenters. The fourth-order valence-corrected chi connectivity index (χ4v) is 6.50. The average molecular weight is 535 g/mol. The summed E-state index contributed by atoms with van der Waals surface area (Å²) < 4.78 is 0. The van der Waals surface area contributed by atoms with Gasteiger partial charge in [-0.3, -0.25) is 0 Å². The molecular weight excluding hydrogens is 468 g/mol. The Hall–Kier alpha value is -1.30. The highest BCUT2D eigenvalue weighted by molar-refractivity contribution is 5.89. The second kappa shape index (κ2) is 23.4. The summed E-state index contributed by atoms with van der Waals surface area (Å²) >= 11 is 0. The number of fused-ring (bicyclic) bond motifs is 1. The SMILES string of the molecule is CCCCCCCCCCCCCCc1cc(C)c(CCCCCCCCCCCCCC)c2ccccc12. The minimum Gasteiger partial charge on any atom is -0.0654 e. The Kier molecular flexibility index (Phi) is 20.4. The number of aryl methyl sites for hydroxylation is 3. The summed E-state index contributed by atoms with van der Waals surface area (Å²) in [6.07, 6.45) is 36.7. The lowest BCUT2D eigenvalue weighted by molar-refractivity contribution is 0.544. The van der Waals surface area contributed by atoms with Crippen LogP contribution in [-0.4, -0.2) is 0 Å². The molecule has 0 nitrogen and oxygen atoms in total. The molecule has 0 saturated heterocycles. The number of hydrogen-bond donors (Lipinski definition) is 0. The first-order chi connectivity index (χ1) is 19.3. The molecule has 0 aliphatic carbocycles. The van der Waals surface area contributed by atoms with Crippen molar-refractivity contribution in [2.75, 3.05) is 0 Å². The van der Waals surface area contributed by atoms with Crippen molar-refractivity contribution in [1.82, 2.24) is 0 Å². The Bertz CT molecular complexity index is 831. The van der Waals surface area contributed by atoms with Crippen LogP contribution in [0.5, 0.6) is 0 Å². The van der Waals surface area contributed by atoms with E-state index < -0.39 is 0 Å². The highest BCUT2D eigenvalue weighted by atomic mass is 14.1. The second-order valence-electron chi connectivity index (χ2n) is 12.7. The number of unbranched alkanes of at least 4 members (excludes halogenated alkanes) is 22. The van der Waals surface area contributed by atoms with Crippen molar-refractivity contribution in [3.8, 4) is 0 Å². The van der Waals surface area contributed by atoms with Crippen molar-refractivity contribution in [3.05, 3.63) is 47.0 Å². The van der Waals surface area contributed by atoms with Gasteiger partial charge in [0.05, 0.1) is 0 Å². The number of rotatable bonds is 26. The maximum atomic E-state index is 2.54. The van der Waals surface area contributed by atoms with E-state index in [2.05, 4.69) is 51.1 Å². The van der Waals surface area contributed by atoms with Crippen molar-refractivity contribution in [2.24, 2.45) is 0 Å². The lowest BCUT2D eigenvalue weighted by atomic mass is 9.90. The van der Waals surface area contributed by atoms with Crippen LogP contribution in [0.1, 0.15) is 185 Å². The predicted octanol–water partition coefficient (Wildman–Crippen LogP) is 13.6. The molecule has 0 aromatic heterocycles. The van der Waals surface area contributed by atoms with Gasteiger partial charge in [-0.2, -0.15) is 0 Å². The predicted molar refractivity (Wildman–Crippen MR) is 178 cm³/mol. The molecule has 0 bridgehead atoms. The van der Waals surface area contributed by atoms with Gasteiger partial charge in [0.25, 0.3) is 0 Å². The minimum absolute atomic E-state index is 1.25. The molecule has 222 valence electrons. The van der Waals surface area contributed by atoms with E-state index in [-0.39, 0.29) is 0 Å². The molecule has 2 aromatic carbocycles. The second-order valence-corrected chi connectivity index (χ2v) is 12.7. The molecule has 0 fully saturated rings. The highest BCUT2D eigenvalue weighted by Gasteiger charge is 2.09. The van der Waals surface area contributed by atoms with Crippen molar-refractivity contribution in [2.45, 2.75) is 188 Å². The fourth-order valence-electron chi connectivity index (χ4n) is 6.50. The first-order valence-corrected chi connectivity index (χ1v) is 17.8. The van der Waals surface area contributed by atoms with E-state index in [1.807, 2.05) is 0 Å². The lowest BCUT2D eigenvalue weighted by Crippen LogP contribution is -1.97. The van der Waals surface area contributed by atoms with Crippen LogP contribution in [0.15, 0.2) is 30.3 Å². The van der Waals surface area contributed by atoms with Crippen LogP contribution in [0, 0.1) is 6.92 Å². The van der Waals surface area contributed by atoms with Crippen molar-refractivity contribution in [1.29, 1.82) is 0 Å². The van der Waals surface area contributed by atoms with E-state index >= 15 is 0 Å². The molecule has 0 saturated carbocycles. The van der Waals surface area contributed by atoms with Crippen LogP contribution in [0.3, 0.4) is 0 Å². The molecule has 2 aromatic rings. The van der Waals surface area contributed by atoms with Crippen molar-refractivity contribution < 1.29 is 0 Å². The quantitative estimate of drug-likeness (QED) is 0.105. The summed E-state index contributed by atoms with van der Waals surface area (Å²) in [5, 5.41) is 3.06. The molecule has 0 unspecified atom stereocenters. The van der Waals surface area contributed by atoms with Gasteiger partial charge in [-0.1, -0.05) is 185 Å². The molecule has 2 rings (SSSR count). The minimum atomic E-state index is 1.25. The van der Waals surface area contributed by atoms with Gasteiger partial charge in [-0.15, -0.1) is 0 Å². The molecule has 0 N–H and O–H groups in total. The van der Waals surface area contributed by atoms with Gasteiger partial charge in [0, 0.05) is 0 Å². The molecule has 0 aliphatic rings. The molecular formula is C39H66. The summed E-state index contributed by atoms with van der Waals surface area (Å²) in [6, 6.07) is 11.8. The Balaban J connectivity index is 1.62. The van der Waals surface area contributed by atoms with E-state index in [0.29, 0.717) is 0 Å². The first kappa shape index (κ1) is 33.9. The number of benzene rings is 2. The van der Waals surface area contributed by atoms with E-state index in [1.165, 1.54) is 183 Å². The van der Waals surface area contributed by atoms with Gasteiger partial charge in [-0.25, -0.2) is 0 Å². The standard InChI is InChI=1S/C39H66/c1-4-6-8-10-12-14-16-18-20-22-24-26-30-36-34-35(3)37(39-33-29-28-32-38(36)39)31-27-25-23-21-19-17-15-13-11-9-7-5-2/h28-29,32-34H,4-27,30-31H2,1-3H3. The molecule has 0 heterocycles. The van der Waals surface area contributed by atoms with E-state index in [9.17, 15) is 0 Å². The molecule has 0 spiro atoms. The van der Waals surface area contributed by atoms with Crippen LogP contribution in [0.2, 0.25) is 0 Å². The molecule has 0 radical (unpaired) electrons. The van der Waals surface area contributed by atoms with Crippen LogP contribution in [0.25, 0.3) is 10.8 Å². The first-order valence-electron chi connectivity index (χ1n) is 17.8. The topological polar surface area (TPSA) is 0 Å². The maximum Gasteiger partial charge on any atom is -0.0147 e. The zero-order valence-corrected chi connectivity index (χ0v) is 26.8. The Labute approximate surface area is 245 Å². The fraction of sp³-hybridized carbons (Fsp3) is 0.744. The summed E-state index contributed by atoms with van der Waals surface area (Å²) in [4.78, 5) is 0. The third kappa shape index (κ3) is 15.3. The maximum absolute atomic E-state index is 2.54. The van der Waals surface area contributed by atoms with E-state index in [0.717, 1.165) is 0 Å². The normalized spacial score (nSPS) is 11.6. The van der Waals surface area contributed by atoms with Gasteiger partial charge in [-0.05, 0) is 60.1 Å². The van der Waals surface area contributed by atoms with E-state index in [1.54, 1.807) is 11.1 Å². The molecule has 39 heavy (non-hydrogen) atoms. The third-order valence-corrected chi connectivity index (χ3v) is 9.04. The smallest absolute Gasteiger partial charge is 0.0147 e. The van der Waals surface area contributed by atoms with Crippen molar-refractivity contribution in [3.63, 3.8) is 0 Å². The summed E-state index contributed by atoms with van der Waals surface area (Å²) in [6.45, 7) is 6.98. The van der Waals surface area contributed by atoms with Gasteiger partial charge in [0.15, 0.2) is 0 Å². The third-order valence-electron chi connectivity index (χ3n) is 9.04. The molecule has 0 heteroatoms. The van der Waals surface area contributed by atoms with E-state index in [4.69, 9.17) is 0 Å². The summed E-state index contributed by atoms with van der Waals surface area (Å²) in [5.74, 6) is 0. The Morgan fingerprint density at radius 3 is 1.21 bits per heavy atom. The zero-order valence-electron chi connectivity index (χ0n) is 26.8. The van der Waals surface area contributed by atoms with Gasteiger partial charge in [0.2, 0.25) is 0 Å². The van der Waals surface area contributed by atoms with Crippen molar-refractivity contribution >= 4 is 10.8 Å². The van der Waals surface area contributed by atoms with Crippen LogP contribution in [-0.2, 0) is 12.8 Å². The highest BCUT2D eigenvalue weighted by Crippen LogP contribution is 2.29. The average Bonchev–Trinajstić information content (AvgIpc) is 2.95. The monoisotopic (exact) mass is 535 g/mol. The van der Waals surface area contributed by atoms with Gasteiger partial charge < -0.3 is 0 Å². The number of hydrogen-bond acceptors (Lipinski definition) is 0. The lowest BCUT2D eigenvalue weighted by Gasteiger charge is -2.15. The van der Waals surface area contributed by atoms with Gasteiger partial charge in [0.1, 0.15) is 0 Å². The van der Waals surface area contributed by atoms with Gasteiger partial charge >= 0.3 is 0 Å².